The number of aliphatic hydroxyl groups excluding tert-OH is 2. The molecule has 0 aliphatic rings. The highest BCUT2D eigenvalue weighted by Gasteiger charge is 2.23. The van der Waals surface area contributed by atoms with Gasteiger partial charge in [0.2, 0.25) is 0 Å². The minimum Gasteiger partial charge on any atom is -0.392 e. The van der Waals surface area contributed by atoms with Gasteiger partial charge in [-0.15, -0.1) is 0 Å². The van der Waals surface area contributed by atoms with Gasteiger partial charge in [0, 0.05) is 0 Å². The summed E-state index contributed by atoms with van der Waals surface area (Å²) in [4.78, 5) is 0. The molecule has 2 heteroatoms. The monoisotopic (exact) mass is 360 g/mol. The Bertz CT molecular complexity index is 1540. The van der Waals surface area contributed by atoms with Crippen LogP contribution in [0.25, 0.3) is 64.6 Å². The molecule has 7 rings (SSSR count). The van der Waals surface area contributed by atoms with E-state index >= 15 is 0 Å². The van der Waals surface area contributed by atoms with E-state index in [1.807, 2.05) is 0 Å². The van der Waals surface area contributed by atoms with Crippen molar-refractivity contribution >= 4 is 64.6 Å². The van der Waals surface area contributed by atoms with E-state index in [1.165, 1.54) is 53.9 Å². The maximum atomic E-state index is 10.2. The van der Waals surface area contributed by atoms with E-state index in [-0.39, 0.29) is 13.2 Å². The average Bonchev–Trinajstić information content (AvgIpc) is 2.76. The first-order valence-electron chi connectivity index (χ1n) is 9.64. The van der Waals surface area contributed by atoms with Crippen molar-refractivity contribution in [2.24, 2.45) is 0 Å². The number of hydrogen-bond donors (Lipinski definition) is 2. The number of benzene rings is 7. The molecular formula is C26H16O2. The van der Waals surface area contributed by atoms with Gasteiger partial charge in [-0.3, -0.25) is 0 Å². The van der Waals surface area contributed by atoms with Crippen LogP contribution in [-0.4, -0.2) is 10.2 Å². The van der Waals surface area contributed by atoms with E-state index in [4.69, 9.17) is 0 Å². The standard InChI is InChI=1S/C26H16O2/c27-11-19-17-9-7-15-5-3-13-1-2-14-4-6-16-8-10-18(20(19)12-28)26-24(16)22(14)21(13)23(15)25(17)26/h1-10,27-28H,11-12H2. The maximum Gasteiger partial charge on any atom is 0.0691 e. The van der Waals surface area contributed by atoms with Gasteiger partial charge in [-0.2, -0.15) is 0 Å². The Hall–Kier alpha value is -3.20. The normalized spacial score (nSPS) is 12.9. The van der Waals surface area contributed by atoms with Gasteiger partial charge in [-0.25, -0.2) is 0 Å². The van der Waals surface area contributed by atoms with Crippen molar-refractivity contribution in [1.29, 1.82) is 0 Å². The van der Waals surface area contributed by atoms with Crippen LogP contribution in [0.1, 0.15) is 11.1 Å². The highest BCUT2D eigenvalue weighted by atomic mass is 16.3. The summed E-state index contributed by atoms with van der Waals surface area (Å²) >= 11 is 0. The second-order valence-corrected chi connectivity index (χ2v) is 7.84. The second kappa shape index (κ2) is 4.79. The minimum absolute atomic E-state index is 0.0757. The van der Waals surface area contributed by atoms with Crippen molar-refractivity contribution < 1.29 is 10.2 Å². The predicted octanol–water partition coefficient (Wildman–Crippen LogP) is 5.90. The third-order valence-corrected chi connectivity index (χ3v) is 6.71. The number of aliphatic hydroxyl groups is 2. The Balaban J connectivity index is 2.02. The van der Waals surface area contributed by atoms with Gasteiger partial charge in [0.1, 0.15) is 0 Å². The molecule has 0 saturated carbocycles. The Kier molecular flexibility index (Phi) is 2.54. The number of hydrogen-bond acceptors (Lipinski definition) is 2. The molecule has 0 aromatic heterocycles. The lowest BCUT2D eigenvalue weighted by Gasteiger charge is -2.23. The summed E-state index contributed by atoms with van der Waals surface area (Å²) in [5, 5.41) is 35.0. The smallest absolute Gasteiger partial charge is 0.0691 e. The first-order valence-corrected chi connectivity index (χ1v) is 9.64. The van der Waals surface area contributed by atoms with Crippen LogP contribution in [0.2, 0.25) is 0 Å². The minimum atomic E-state index is -0.0757. The lowest BCUT2D eigenvalue weighted by Crippen LogP contribution is -2.01. The van der Waals surface area contributed by atoms with Crippen LogP contribution in [-0.2, 0) is 13.2 Å². The summed E-state index contributed by atoms with van der Waals surface area (Å²) in [7, 11) is 0. The lowest BCUT2D eigenvalue weighted by atomic mass is 9.80. The first kappa shape index (κ1) is 14.8. The van der Waals surface area contributed by atoms with E-state index in [0.29, 0.717) is 0 Å². The van der Waals surface area contributed by atoms with E-state index in [9.17, 15) is 10.2 Å². The molecule has 0 spiro atoms. The summed E-state index contributed by atoms with van der Waals surface area (Å²) in [5.74, 6) is 0. The largest absolute Gasteiger partial charge is 0.392 e. The Labute approximate surface area is 160 Å². The van der Waals surface area contributed by atoms with Crippen molar-refractivity contribution in [3.05, 3.63) is 71.8 Å². The van der Waals surface area contributed by atoms with Gasteiger partial charge in [-0.05, 0) is 75.8 Å². The Morgan fingerprint density at radius 2 is 0.679 bits per heavy atom. The highest BCUT2D eigenvalue weighted by molar-refractivity contribution is 6.45. The van der Waals surface area contributed by atoms with Crippen molar-refractivity contribution in [1.82, 2.24) is 0 Å². The fraction of sp³-hybridized carbons (Fsp3) is 0.0769. The zero-order chi connectivity index (χ0) is 18.6. The van der Waals surface area contributed by atoms with E-state index in [2.05, 4.69) is 60.7 Å². The summed E-state index contributed by atoms with van der Waals surface area (Å²) in [6.45, 7) is -0.151. The summed E-state index contributed by atoms with van der Waals surface area (Å²) in [6, 6.07) is 21.8. The molecule has 0 amide bonds. The van der Waals surface area contributed by atoms with Gasteiger partial charge in [0.25, 0.3) is 0 Å². The fourth-order valence-corrected chi connectivity index (χ4v) is 5.57. The van der Waals surface area contributed by atoms with E-state index in [0.717, 1.165) is 21.9 Å². The van der Waals surface area contributed by atoms with Crippen LogP contribution >= 0.6 is 0 Å². The third-order valence-electron chi connectivity index (χ3n) is 6.71. The van der Waals surface area contributed by atoms with Gasteiger partial charge in [0.05, 0.1) is 13.2 Å². The van der Waals surface area contributed by atoms with Crippen molar-refractivity contribution in [2.75, 3.05) is 0 Å². The van der Waals surface area contributed by atoms with Gasteiger partial charge < -0.3 is 10.2 Å². The molecule has 0 radical (unpaired) electrons. The molecule has 0 atom stereocenters. The topological polar surface area (TPSA) is 40.5 Å². The quantitative estimate of drug-likeness (QED) is 0.297. The zero-order valence-electron chi connectivity index (χ0n) is 15.1. The van der Waals surface area contributed by atoms with Crippen LogP contribution in [0, 0.1) is 0 Å². The molecule has 7 aromatic carbocycles. The second-order valence-electron chi connectivity index (χ2n) is 7.84. The Morgan fingerprint density at radius 1 is 0.393 bits per heavy atom. The molecule has 7 aromatic rings. The summed E-state index contributed by atoms with van der Waals surface area (Å²) < 4.78 is 0. The van der Waals surface area contributed by atoms with Crippen LogP contribution in [0.5, 0.6) is 0 Å². The predicted molar refractivity (Wildman–Crippen MR) is 117 cm³/mol. The molecular weight excluding hydrogens is 344 g/mol. The number of rotatable bonds is 2. The maximum absolute atomic E-state index is 10.2. The average molecular weight is 360 g/mol. The Morgan fingerprint density at radius 3 is 1.00 bits per heavy atom. The SMILES string of the molecule is OCc1c(CO)c2ccc3ccc4ccc5ccc6ccc1c1c6c5c4c3c21. The first-order chi connectivity index (χ1) is 13.8. The van der Waals surface area contributed by atoms with E-state index in [1.54, 1.807) is 0 Å². The van der Waals surface area contributed by atoms with Crippen LogP contribution in [0.15, 0.2) is 60.7 Å². The summed E-state index contributed by atoms with van der Waals surface area (Å²) in [5.41, 5.74) is 1.68. The van der Waals surface area contributed by atoms with Gasteiger partial charge in [-0.1, -0.05) is 60.7 Å². The molecule has 0 saturated heterocycles. The zero-order valence-corrected chi connectivity index (χ0v) is 15.1. The molecule has 2 nitrogen and oxygen atoms in total. The molecule has 0 heterocycles. The van der Waals surface area contributed by atoms with Crippen molar-refractivity contribution in [3.8, 4) is 0 Å². The van der Waals surface area contributed by atoms with Crippen LogP contribution in [0.4, 0.5) is 0 Å². The highest BCUT2D eigenvalue weighted by Crippen LogP contribution is 2.49. The fourth-order valence-electron chi connectivity index (χ4n) is 5.57. The van der Waals surface area contributed by atoms with Crippen molar-refractivity contribution in [2.45, 2.75) is 13.2 Å². The molecule has 0 aliphatic heterocycles. The molecule has 2 N–H and O–H groups in total. The lowest BCUT2D eigenvalue weighted by molar-refractivity contribution is 0.262. The molecule has 0 aliphatic carbocycles. The van der Waals surface area contributed by atoms with Crippen molar-refractivity contribution in [3.63, 3.8) is 0 Å². The third kappa shape index (κ3) is 1.47. The van der Waals surface area contributed by atoms with Crippen LogP contribution < -0.4 is 0 Å². The van der Waals surface area contributed by atoms with Gasteiger partial charge >= 0.3 is 0 Å². The van der Waals surface area contributed by atoms with Gasteiger partial charge in [0.15, 0.2) is 0 Å². The van der Waals surface area contributed by atoms with E-state index < -0.39 is 0 Å². The molecule has 0 unspecified atom stereocenters. The molecule has 132 valence electrons. The summed E-state index contributed by atoms with van der Waals surface area (Å²) in [6.07, 6.45) is 0. The van der Waals surface area contributed by atoms with Crippen LogP contribution in [0.3, 0.4) is 0 Å². The molecule has 0 fully saturated rings. The molecule has 28 heavy (non-hydrogen) atoms. The molecule has 0 bridgehead atoms.